The van der Waals surface area contributed by atoms with Crippen molar-refractivity contribution < 1.29 is 4.74 Å². The van der Waals surface area contributed by atoms with Crippen molar-refractivity contribution in [2.75, 3.05) is 33.4 Å². The second kappa shape index (κ2) is 12.1. The predicted octanol–water partition coefficient (Wildman–Crippen LogP) is 3.56. The maximum Gasteiger partial charge on any atom is 0.190 e. The lowest BCUT2D eigenvalue weighted by Gasteiger charge is -2.12. The highest BCUT2D eigenvalue weighted by atomic mass is 127. The van der Waals surface area contributed by atoms with E-state index in [1.165, 1.54) is 16.5 Å². The number of nitrogens with one attached hydrogen (secondary N) is 3. The standard InChI is InChI=1S/C19H30N4O.HI/c1-15(2)14-24-12-6-10-21-19(20-3)22-11-9-16-13-23-18-8-5-4-7-17(16)18;/h4-5,7-8,13,15,23H,6,9-12,14H2,1-3H3,(H2,20,21,22);1H. The fourth-order valence-corrected chi connectivity index (χ4v) is 2.57. The van der Waals surface area contributed by atoms with Crippen LogP contribution in [0.15, 0.2) is 35.5 Å². The summed E-state index contributed by atoms with van der Waals surface area (Å²) in [6, 6.07) is 8.39. The second-order valence-electron chi connectivity index (χ2n) is 6.36. The average Bonchev–Trinajstić information content (AvgIpc) is 2.99. The molecule has 1 aromatic heterocycles. The molecule has 0 aliphatic heterocycles. The molecule has 2 aromatic rings. The molecule has 0 unspecified atom stereocenters. The number of aliphatic imine (C=N–C) groups is 1. The van der Waals surface area contributed by atoms with Gasteiger partial charge in [-0.3, -0.25) is 4.99 Å². The first-order valence-electron chi connectivity index (χ1n) is 8.78. The Kier molecular flexibility index (Phi) is 10.6. The molecule has 25 heavy (non-hydrogen) atoms. The van der Waals surface area contributed by atoms with Crippen LogP contribution in [0.2, 0.25) is 0 Å². The molecule has 0 bridgehead atoms. The zero-order valence-electron chi connectivity index (χ0n) is 15.5. The number of ether oxygens (including phenoxy) is 1. The van der Waals surface area contributed by atoms with E-state index < -0.39 is 0 Å². The van der Waals surface area contributed by atoms with Gasteiger partial charge < -0.3 is 20.4 Å². The first-order chi connectivity index (χ1) is 11.7. The van der Waals surface area contributed by atoms with Crippen LogP contribution < -0.4 is 10.6 Å². The monoisotopic (exact) mass is 458 g/mol. The van der Waals surface area contributed by atoms with Crippen molar-refractivity contribution in [2.45, 2.75) is 26.7 Å². The van der Waals surface area contributed by atoms with Gasteiger partial charge in [0.1, 0.15) is 0 Å². The molecule has 3 N–H and O–H groups in total. The van der Waals surface area contributed by atoms with Crippen molar-refractivity contribution in [3.8, 4) is 0 Å². The molecular weight excluding hydrogens is 427 g/mol. The van der Waals surface area contributed by atoms with Crippen molar-refractivity contribution in [2.24, 2.45) is 10.9 Å². The summed E-state index contributed by atoms with van der Waals surface area (Å²) in [5.41, 5.74) is 2.52. The molecule has 140 valence electrons. The van der Waals surface area contributed by atoms with E-state index in [2.05, 4.69) is 64.9 Å². The van der Waals surface area contributed by atoms with Gasteiger partial charge in [-0.2, -0.15) is 0 Å². The Morgan fingerprint density at radius 1 is 1.20 bits per heavy atom. The summed E-state index contributed by atoms with van der Waals surface area (Å²) in [6.45, 7) is 7.67. The summed E-state index contributed by atoms with van der Waals surface area (Å²) in [5, 5.41) is 7.99. The molecule has 0 aliphatic carbocycles. The van der Waals surface area contributed by atoms with Crippen LogP contribution >= 0.6 is 24.0 Å². The van der Waals surface area contributed by atoms with E-state index >= 15 is 0 Å². The van der Waals surface area contributed by atoms with Gasteiger partial charge in [0.2, 0.25) is 0 Å². The average molecular weight is 458 g/mol. The number of benzene rings is 1. The van der Waals surface area contributed by atoms with Crippen molar-refractivity contribution in [1.82, 2.24) is 15.6 Å². The first-order valence-corrected chi connectivity index (χ1v) is 8.78. The quantitative estimate of drug-likeness (QED) is 0.233. The molecule has 0 atom stereocenters. The van der Waals surface area contributed by atoms with Gasteiger partial charge in [0.25, 0.3) is 0 Å². The van der Waals surface area contributed by atoms with E-state index in [4.69, 9.17) is 4.74 Å². The van der Waals surface area contributed by atoms with Gasteiger partial charge in [0, 0.05) is 50.5 Å². The molecule has 0 saturated carbocycles. The van der Waals surface area contributed by atoms with Gasteiger partial charge in [-0.15, -0.1) is 24.0 Å². The minimum Gasteiger partial charge on any atom is -0.381 e. The number of guanidine groups is 1. The Morgan fingerprint density at radius 2 is 1.96 bits per heavy atom. The maximum absolute atomic E-state index is 5.58. The van der Waals surface area contributed by atoms with E-state index in [1.807, 2.05) is 0 Å². The summed E-state index contributed by atoms with van der Waals surface area (Å²) >= 11 is 0. The van der Waals surface area contributed by atoms with E-state index in [1.54, 1.807) is 7.05 Å². The van der Waals surface area contributed by atoms with Gasteiger partial charge in [-0.05, 0) is 30.4 Å². The number of rotatable bonds is 9. The van der Waals surface area contributed by atoms with Crippen molar-refractivity contribution in [3.63, 3.8) is 0 Å². The fourth-order valence-electron chi connectivity index (χ4n) is 2.57. The molecule has 1 aromatic carbocycles. The van der Waals surface area contributed by atoms with Gasteiger partial charge in [-0.1, -0.05) is 32.0 Å². The highest BCUT2D eigenvalue weighted by molar-refractivity contribution is 14.0. The number of aromatic nitrogens is 1. The Balaban J connectivity index is 0.00000312. The molecule has 0 aliphatic rings. The Bertz CT molecular complexity index is 639. The molecule has 0 fully saturated rings. The zero-order chi connectivity index (χ0) is 17.2. The lowest BCUT2D eigenvalue weighted by atomic mass is 10.1. The smallest absolute Gasteiger partial charge is 0.190 e. The third-order valence-corrected chi connectivity index (χ3v) is 3.79. The molecule has 0 amide bonds. The summed E-state index contributed by atoms with van der Waals surface area (Å²) in [6.07, 6.45) is 4.03. The Labute approximate surface area is 168 Å². The third kappa shape index (κ3) is 7.64. The van der Waals surface area contributed by atoms with Gasteiger partial charge in [-0.25, -0.2) is 0 Å². The Morgan fingerprint density at radius 3 is 2.72 bits per heavy atom. The number of hydrogen-bond donors (Lipinski definition) is 3. The molecular formula is C19H31IN4O. The predicted molar refractivity (Wildman–Crippen MR) is 117 cm³/mol. The summed E-state index contributed by atoms with van der Waals surface area (Å²) < 4.78 is 5.58. The minimum absolute atomic E-state index is 0. The van der Waals surface area contributed by atoms with Crippen LogP contribution in [0, 0.1) is 5.92 Å². The van der Waals surface area contributed by atoms with E-state index in [-0.39, 0.29) is 24.0 Å². The van der Waals surface area contributed by atoms with Gasteiger partial charge in [0.05, 0.1) is 0 Å². The normalized spacial score (nSPS) is 11.6. The zero-order valence-corrected chi connectivity index (χ0v) is 17.8. The minimum atomic E-state index is 0. The van der Waals surface area contributed by atoms with Gasteiger partial charge >= 0.3 is 0 Å². The third-order valence-electron chi connectivity index (χ3n) is 3.79. The van der Waals surface area contributed by atoms with Crippen LogP contribution in [0.3, 0.4) is 0 Å². The van der Waals surface area contributed by atoms with Crippen LogP contribution in [0.5, 0.6) is 0 Å². The van der Waals surface area contributed by atoms with E-state index in [9.17, 15) is 0 Å². The van der Waals surface area contributed by atoms with Gasteiger partial charge in [0.15, 0.2) is 5.96 Å². The number of hydrogen-bond acceptors (Lipinski definition) is 2. The highest BCUT2D eigenvalue weighted by Gasteiger charge is 2.03. The van der Waals surface area contributed by atoms with Crippen LogP contribution in [0.1, 0.15) is 25.8 Å². The summed E-state index contributed by atoms with van der Waals surface area (Å²) in [7, 11) is 1.80. The highest BCUT2D eigenvalue weighted by Crippen LogP contribution is 2.17. The molecule has 0 radical (unpaired) electrons. The van der Waals surface area contributed by atoms with Crippen LogP contribution in [-0.4, -0.2) is 44.3 Å². The van der Waals surface area contributed by atoms with Crippen molar-refractivity contribution >= 4 is 40.8 Å². The number of fused-ring (bicyclic) bond motifs is 1. The number of H-pyrrole nitrogens is 1. The van der Waals surface area contributed by atoms with Crippen molar-refractivity contribution in [3.05, 3.63) is 36.0 Å². The number of aromatic amines is 1. The molecule has 2 rings (SSSR count). The van der Waals surface area contributed by atoms with E-state index in [0.717, 1.165) is 45.1 Å². The Hall–Kier alpha value is -1.28. The maximum atomic E-state index is 5.58. The molecule has 0 saturated heterocycles. The fraction of sp³-hybridized carbons (Fsp3) is 0.526. The van der Waals surface area contributed by atoms with Crippen LogP contribution in [0.4, 0.5) is 0 Å². The lowest BCUT2D eigenvalue weighted by Crippen LogP contribution is -2.39. The summed E-state index contributed by atoms with van der Waals surface area (Å²) in [4.78, 5) is 7.58. The topological polar surface area (TPSA) is 61.4 Å². The molecule has 6 heteroatoms. The lowest BCUT2D eigenvalue weighted by molar-refractivity contribution is 0.108. The van der Waals surface area contributed by atoms with Crippen LogP contribution in [-0.2, 0) is 11.2 Å². The first kappa shape index (κ1) is 21.8. The number of halogens is 1. The molecule has 1 heterocycles. The summed E-state index contributed by atoms with van der Waals surface area (Å²) in [5.74, 6) is 1.44. The van der Waals surface area contributed by atoms with Crippen molar-refractivity contribution in [1.29, 1.82) is 0 Å². The largest absolute Gasteiger partial charge is 0.381 e. The molecule has 5 nitrogen and oxygen atoms in total. The number of nitrogens with zero attached hydrogens (tertiary/aromatic N) is 1. The van der Waals surface area contributed by atoms with Crippen LogP contribution in [0.25, 0.3) is 10.9 Å². The SMILES string of the molecule is CN=C(NCCCOCC(C)C)NCCc1c[nH]c2ccccc12.I. The van der Waals surface area contributed by atoms with E-state index in [0.29, 0.717) is 5.92 Å². The second-order valence-corrected chi connectivity index (χ2v) is 6.36. The number of para-hydroxylation sites is 1. The molecule has 0 spiro atoms.